The summed E-state index contributed by atoms with van der Waals surface area (Å²) in [6.45, 7) is 2.03. The summed E-state index contributed by atoms with van der Waals surface area (Å²) in [5, 5.41) is 6.46. The largest absolute Gasteiger partial charge is 0.382 e. The van der Waals surface area contributed by atoms with Crippen LogP contribution in [0.4, 0.5) is 0 Å². The molecule has 0 aliphatic heterocycles. The van der Waals surface area contributed by atoms with Gasteiger partial charge in [-0.25, -0.2) is 13.1 Å². The molecular formula is C10H18ClN3O4S. The lowest BCUT2D eigenvalue weighted by atomic mass is 10.4. The first-order chi connectivity index (χ1) is 8.96. The molecule has 0 saturated heterocycles. The van der Waals surface area contributed by atoms with Gasteiger partial charge in [-0.05, 0) is 6.92 Å². The Labute approximate surface area is 117 Å². The Bertz CT molecular complexity index is 503. The number of methoxy groups -OCH3 is 2. The Morgan fingerprint density at radius 2 is 2.16 bits per heavy atom. The Morgan fingerprint density at radius 1 is 1.47 bits per heavy atom. The maximum atomic E-state index is 12.2. The quantitative estimate of drug-likeness (QED) is 0.678. The van der Waals surface area contributed by atoms with E-state index in [0.717, 1.165) is 0 Å². The summed E-state index contributed by atoms with van der Waals surface area (Å²) in [5.41, 5.74) is 0.747. The third-order valence-corrected chi connectivity index (χ3v) is 4.42. The number of aryl methyl sites for hydroxylation is 1. The number of hydrogen-bond acceptors (Lipinski definition) is 5. The van der Waals surface area contributed by atoms with E-state index in [-0.39, 0.29) is 23.4 Å². The van der Waals surface area contributed by atoms with Crippen LogP contribution in [0.3, 0.4) is 0 Å². The highest BCUT2D eigenvalue weighted by Crippen LogP contribution is 2.18. The van der Waals surface area contributed by atoms with Gasteiger partial charge in [0.25, 0.3) is 0 Å². The van der Waals surface area contributed by atoms with Crippen LogP contribution in [0.1, 0.15) is 11.4 Å². The van der Waals surface area contributed by atoms with Crippen LogP contribution in [0.25, 0.3) is 0 Å². The van der Waals surface area contributed by atoms with Crippen molar-refractivity contribution in [1.29, 1.82) is 0 Å². The average Bonchev–Trinajstić information content (AvgIpc) is 2.76. The summed E-state index contributed by atoms with van der Waals surface area (Å²) in [6, 6.07) is 0. The Hall–Kier alpha value is -0.670. The number of alkyl halides is 1. The molecule has 0 saturated carbocycles. The predicted octanol–water partition coefficient (Wildman–Crippen LogP) is 0.397. The Balaban J connectivity index is 2.83. The number of H-pyrrole nitrogens is 1. The van der Waals surface area contributed by atoms with Crippen LogP contribution in [-0.2, 0) is 25.4 Å². The SMILES string of the molecule is COCC(CNS(=O)(=O)c1c(CCl)n[nH]c1C)OC. The topological polar surface area (TPSA) is 93.3 Å². The van der Waals surface area contributed by atoms with Crippen molar-refractivity contribution < 1.29 is 17.9 Å². The zero-order chi connectivity index (χ0) is 14.5. The highest BCUT2D eigenvalue weighted by molar-refractivity contribution is 7.89. The zero-order valence-electron chi connectivity index (χ0n) is 11.1. The van der Waals surface area contributed by atoms with Gasteiger partial charge in [0.05, 0.1) is 30.0 Å². The highest BCUT2D eigenvalue weighted by Gasteiger charge is 2.24. The van der Waals surface area contributed by atoms with E-state index >= 15 is 0 Å². The van der Waals surface area contributed by atoms with Crippen LogP contribution in [0.5, 0.6) is 0 Å². The molecule has 19 heavy (non-hydrogen) atoms. The van der Waals surface area contributed by atoms with Crippen molar-refractivity contribution >= 4 is 21.6 Å². The lowest BCUT2D eigenvalue weighted by Gasteiger charge is -2.15. The van der Waals surface area contributed by atoms with Crippen molar-refractivity contribution in [3.8, 4) is 0 Å². The summed E-state index contributed by atoms with van der Waals surface area (Å²) >= 11 is 5.67. The van der Waals surface area contributed by atoms with Crippen molar-refractivity contribution in [2.24, 2.45) is 0 Å². The molecule has 0 aliphatic carbocycles. The summed E-state index contributed by atoms with van der Waals surface area (Å²) < 4.78 is 36.9. The van der Waals surface area contributed by atoms with E-state index in [0.29, 0.717) is 18.0 Å². The molecule has 1 rings (SSSR count). The number of halogens is 1. The number of aromatic amines is 1. The van der Waals surface area contributed by atoms with E-state index in [1.54, 1.807) is 6.92 Å². The number of aromatic nitrogens is 2. The molecule has 1 aromatic heterocycles. The zero-order valence-corrected chi connectivity index (χ0v) is 12.6. The van der Waals surface area contributed by atoms with Crippen LogP contribution in [0, 0.1) is 6.92 Å². The molecule has 0 fully saturated rings. The molecule has 1 aromatic rings. The third kappa shape index (κ3) is 4.15. The molecular weight excluding hydrogens is 294 g/mol. The number of ether oxygens (including phenoxy) is 2. The maximum absolute atomic E-state index is 12.2. The minimum atomic E-state index is -3.68. The van der Waals surface area contributed by atoms with Crippen molar-refractivity contribution in [3.63, 3.8) is 0 Å². The van der Waals surface area contributed by atoms with Gasteiger partial charge in [-0.2, -0.15) is 5.10 Å². The molecule has 0 bridgehead atoms. The van der Waals surface area contributed by atoms with Crippen LogP contribution in [0.2, 0.25) is 0 Å². The van der Waals surface area contributed by atoms with Crippen LogP contribution < -0.4 is 4.72 Å². The van der Waals surface area contributed by atoms with Crippen molar-refractivity contribution in [2.45, 2.75) is 23.8 Å². The minimum absolute atomic E-state index is 0.0202. The molecule has 9 heteroatoms. The van der Waals surface area contributed by atoms with Gasteiger partial charge in [-0.1, -0.05) is 0 Å². The van der Waals surface area contributed by atoms with Crippen LogP contribution in [-0.4, -0.2) is 52.1 Å². The molecule has 7 nitrogen and oxygen atoms in total. The number of hydrogen-bond donors (Lipinski definition) is 2. The first-order valence-corrected chi connectivity index (χ1v) is 7.59. The molecule has 110 valence electrons. The van der Waals surface area contributed by atoms with Crippen molar-refractivity contribution in [3.05, 3.63) is 11.4 Å². The molecule has 1 unspecified atom stereocenters. The molecule has 0 radical (unpaired) electrons. The van der Waals surface area contributed by atoms with Crippen molar-refractivity contribution in [2.75, 3.05) is 27.4 Å². The van der Waals surface area contributed by atoms with Gasteiger partial charge in [-0.3, -0.25) is 5.10 Å². The van der Waals surface area contributed by atoms with Gasteiger partial charge in [-0.15, -0.1) is 11.6 Å². The highest BCUT2D eigenvalue weighted by atomic mass is 35.5. The lowest BCUT2D eigenvalue weighted by molar-refractivity contribution is 0.0320. The second-order valence-corrected chi connectivity index (χ2v) is 5.89. The van der Waals surface area contributed by atoms with Gasteiger partial charge in [0, 0.05) is 20.8 Å². The predicted molar refractivity (Wildman–Crippen MR) is 70.7 cm³/mol. The molecule has 0 aromatic carbocycles. The monoisotopic (exact) mass is 311 g/mol. The van der Waals surface area contributed by atoms with Crippen LogP contribution >= 0.6 is 11.6 Å². The Morgan fingerprint density at radius 3 is 2.68 bits per heavy atom. The van der Waals surface area contributed by atoms with E-state index in [1.165, 1.54) is 14.2 Å². The normalized spacial score (nSPS) is 13.7. The minimum Gasteiger partial charge on any atom is -0.382 e. The second kappa shape index (κ2) is 7.20. The number of sulfonamides is 1. The summed E-state index contributed by atoms with van der Waals surface area (Å²) in [7, 11) is -0.666. The molecule has 2 N–H and O–H groups in total. The number of nitrogens with zero attached hydrogens (tertiary/aromatic N) is 1. The third-order valence-electron chi connectivity index (χ3n) is 2.54. The standard InChI is InChI=1S/C10H18ClN3O4S/c1-7-10(9(4-11)14-13-7)19(15,16)12-5-8(18-3)6-17-2/h8,12H,4-6H2,1-3H3,(H,13,14). The molecule has 0 spiro atoms. The summed E-state index contributed by atoms with van der Waals surface area (Å²) in [4.78, 5) is 0.0924. The molecule has 0 amide bonds. The molecule has 0 aliphatic rings. The van der Waals surface area contributed by atoms with E-state index in [4.69, 9.17) is 21.1 Å². The van der Waals surface area contributed by atoms with E-state index < -0.39 is 10.0 Å². The number of rotatable bonds is 8. The van der Waals surface area contributed by atoms with Gasteiger partial charge < -0.3 is 9.47 Å². The fourth-order valence-electron chi connectivity index (χ4n) is 1.59. The Kier molecular flexibility index (Phi) is 6.21. The fraction of sp³-hybridized carbons (Fsp3) is 0.700. The van der Waals surface area contributed by atoms with E-state index in [9.17, 15) is 8.42 Å². The average molecular weight is 312 g/mol. The van der Waals surface area contributed by atoms with Gasteiger partial charge in [0.2, 0.25) is 10.0 Å². The van der Waals surface area contributed by atoms with Crippen molar-refractivity contribution in [1.82, 2.24) is 14.9 Å². The maximum Gasteiger partial charge on any atom is 0.244 e. The molecule has 1 atom stereocenters. The first kappa shape index (κ1) is 16.4. The van der Waals surface area contributed by atoms with Gasteiger partial charge in [0.15, 0.2) is 0 Å². The second-order valence-electron chi connectivity index (χ2n) is 3.92. The molecule has 1 heterocycles. The fourth-order valence-corrected chi connectivity index (χ4v) is 3.29. The summed E-state index contributed by atoms with van der Waals surface area (Å²) in [6.07, 6.45) is -0.355. The van der Waals surface area contributed by atoms with Gasteiger partial charge in [0.1, 0.15) is 4.90 Å². The lowest BCUT2D eigenvalue weighted by Crippen LogP contribution is -2.36. The summed E-state index contributed by atoms with van der Waals surface area (Å²) in [5.74, 6) is 0.0202. The van der Waals surface area contributed by atoms with E-state index in [1.807, 2.05) is 0 Å². The van der Waals surface area contributed by atoms with Crippen LogP contribution in [0.15, 0.2) is 4.90 Å². The van der Waals surface area contributed by atoms with Gasteiger partial charge >= 0.3 is 0 Å². The number of nitrogens with one attached hydrogen (secondary N) is 2. The smallest absolute Gasteiger partial charge is 0.244 e. The van der Waals surface area contributed by atoms with E-state index in [2.05, 4.69) is 14.9 Å². The first-order valence-electron chi connectivity index (χ1n) is 5.57.